The van der Waals surface area contributed by atoms with E-state index in [0.717, 1.165) is 10.7 Å². The van der Waals surface area contributed by atoms with Crippen LogP contribution in [0.25, 0.3) is 0 Å². The van der Waals surface area contributed by atoms with E-state index in [1.54, 1.807) is 23.5 Å². The average molecular weight is 347 g/mol. The number of carbonyl (C=O) groups is 1. The molecule has 0 atom stereocenters. The number of benzene rings is 1. The number of halogens is 1. The Morgan fingerprint density at radius 1 is 1.25 bits per heavy atom. The summed E-state index contributed by atoms with van der Waals surface area (Å²) in [4.78, 5) is 17.6. The third-order valence-electron chi connectivity index (χ3n) is 3.19. The van der Waals surface area contributed by atoms with Gasteiger partial charge in [-0.15, -0.1) is 11.3 Å². The molecule has 0 spiro atoms. The van der Waals surface area contributed by atoms with E-state index < -0.39 is 11.7 Å². The second-order valence-corrected chi connectivity index (χ2v) is 6.54. The molecule has 0 bridgehead atoms. The van der Waals surface area contributed by atoms with Gasteiger partial charge in [0.1, 0.15) is 11.7 Å². The third kappa shape index (κ3) is 5.45. The minimum Gasteiger partial charge on any atom is -0.367 e. The first-order chi connectivity index (χ1) is 11.6. The van der Waals surface area contributed by atoms with Crippen LogP contribution < -0.4 is 10.6 Å². The van der Waals surface area contributed by atoms with E-state index in [-0.39, 0.29) is 5.56 Å². The van der Waals surface area contributed by atoms with Crippen molar-refractivity contribution in [3.63, 3.8) is 0 Å². The molecule has 0 unspecified atom stereocenters. The molecule has 0 saturated heterocycles. The predicted molar refractivity (Wildman–Crippen MR) is 97.3 cm³/mol. The average Bonchev–Trinajstić information content (AvgIpc) is 3.07. The summed E-state index contributed by atoms with van der Waals surface area (Å²) in [5.41, 5.74) is 0.0711. The fourth-order valence-corrected chi connectivity index (χ4v) is 2.79. The fourth-order valence-electron chi connectivity index (χ4n) is 2.09. The van der Waals surface area contributed by atoms with E-state index in [0.29, 0.717) is 25.6 Å². The van der Waals surface area contributed by atoms with Crippen molar-refractivity contribution in [3.05, 3.63) is 58.0 Å². The predicted octanol–water partition coefficient (Wildman–Crippen LogP) is 3.45. The number of rotatable bonds is 7. The van der Waals surface area contributed by atoms with Crippen molar-refractivity contribution in [1.29, 1.82) is 0 Å². The van der Waals surface area contributed by atoms with Crippen LogP contribution in [-0.4, -0.2) is 30.9 Å². The molecule has 1 amide bonds. The lowest BCUT2D eigenvalue weighted by Gasteiger charge is -2.12. The molecule has 6 heteroatoms. The molecule has 1 heterocycles. The maximum atomic E-state index is 13.5. The summed E-state index contributed by atoms with van der Waals surface area (Å²) in [6.07, 6.45) is 0.689. The van der Waals surface area contributed by atoms with Gasteiger partial charge < -0.3 is 10.6 Å². The number of nitrogens with one attached hydrogen (secondary N) is 2. The lowest BCUT2D eigenvalue weighted by atomic mass is 10.2. The smallest absolute Gasteiger partial charge is 0.254 e. The molecular formula is C18H22FN3OS. The number of carbonyl (C=O) groups excluding carboxylic acids is 1. The maximum Gasteiger partial charge on any atom is 0.254 e. The Hall–Kier alpha value is -2.21. The molecule has 1 aromatic heterocycles. The second kappa shape index (κ2) is 9.17. The van der Waals surface area contributed by atoms with Crippen LogP contribution in [0.4, 0.5) is 4.39 Å². The van der Waals surface area contributed by atoms with Gasteiger partial charge in [0.05, 0.1) is 10.4 Å². The van der Waals surface area contributed by atoms with E-state index in [1.807, 2.05) is 17.5 Å². The molecule has 128 valence electrons. The zero-order valence-electron chi connectivity index (χ0n) is 13.9. The number of hydrogen-bond acceptors (Lipinski definition) is 3. The molecule has 0 aliphatic carbocycles. The number of hydrogen-bond donors (Lipinski definition) is 2. The van der Waals surface area contributed by atoms with Crippen molar-refractivity contribution in [2.45, 2.75) is 26.3 Å². The summed E-state index contributed by atoms with van der Waals surface area (Å²) in [6, 6.07) is 10.3. The van der Waals surface area contributed by atoms with E-state index in [2.05, 4.69) is 29.5 Å². The van der Waals surface area contributed by atoms with Crippen LogP contribution in [0.2, 0.25) is 0 Å². The van der Waals surface area contributed by atoms with Crippen LogP contribution in [0.15, 0.2) is 46.8 Å². The van der Waals surface area contributed by atoms with Gasteiger partial charge in [-0.2, -0.15) is 0 Å². The van der Waals surface area contributed by atoms with E-state index in [1.165, 1.54) is 12.1 Å². The van der Waals surface area contributed by atoms with Gasteiger partial charge in [0.25, 0.3) is 5.91 Å². The number of amides is 1. The molecule has 2 aromatic rings. The first kappa shape index (κ1) is 18.1. The third-order valence-corrected chi connectivity index (χ3v) is 4.07. The minimum absolute atomic E-state index is 0.0711. The molecule has 2 rings (SSSR count). The van der Waals surface area contributed by atoms with Gasteiger partial charge in [0, 0.05) is 19.1 Å². The van der Waals surface area contributed by atoms with Crippen LogP contribution in [0.5, 0.6) is 0 Å². The first-order valence-electron chi connectivity index (χ1n) is 7.95. The second-order valence-electron chi connectivity index (χ2n) is 5.60. The highest BCUT2D eigenvalue weighted by Gasteiger charge is 2.09. The summed E-state index contributed by atoms with van der Waals surface area (Å²) < 4.78 is 13.5. The van der Waals surface area contributed by atoms with Crippen molar-refractivity contribution in [2.24, 2.45) is 4.99 Å². The highest BCUT2D eigenvalue weighted by molar-refractivity contribution is 7.12. The summed E-state index contributed by atoms with van der Waals surface area (Å²) in [5, 5.41) is 8.08. The zero-order chi connectivity index (χ0) is 17.4. The van der Waals surface area contributed by atoms with Gasteiger partial charge >= 0.3 is 0 Å². The maximum absolute atomic E-state index is 13.5. The monoisotopic (exact) mass is 347 g/mol. The largest absolute Gasteiger partial charge is 0.367 e. The molecular weight excluding hydrogens is 325 g/mol. The van der Waals surface area contributed by atoms with E-state index in [4.69, 9.17) is 0 Å². The van der Waals surface area contributed by atoms with Crippen molar-refractivity contribution < 1.29 is 9.18 Å². The van der Waals surface area contributed by atoms with Crippen molar-refractivity contribution in [3.8, 4) is 0 Å². The minimum atomic E-state index is -0.505. The number of amidine groups is 1. The van der Waals surface area contributed by atoms with Crippen molar-refractivity contribution >= 4 is 23.1 Å². The van der Waals surface area contributed by atoms with Gasteiger partial charge in [0.2, 0.25) is 0 Å². The van der Waals surface area contributed by atoms with Gasteiger partial charge in [-0.3, -0.25) is 9.79 Å². The van der Waals surface area contributed by atoms with Crippen molar-refractivity contribution in [2.75, 3.05) is 13.1 Å². The molecule has 0 radical (unpaired) electrons. The molecule has 24 heavy (non-hydrogen) atoms. The first-order valence-corrected chi connectivity index (χ1v) is 8.83. The summed E-state index contributed by atoms with van der Waals surface area (Å²) >= 11 is 1.64. The Balaban J connectivity index is 1.82. The number of aliphatic imine (C=N–C) groups is 1. The summed E-state index contributed by atoms with van der Waals surface area (Å²) in [5.74, 6) is -0.0227. The molecule has 4 nitrogen and oxygen atoms in total. The standard InChI is InChI=1S/C18H22FN3OS/c1-13(2)22-17(16-9-5-12-24-16)20-10-6-11-21-18(23)14-7-3-4-8-15(14)19/h3-5,7-9,12-13H,6,10-11H2,1-2H3,(H,20,22)(H,21,23). The molecule has 0 saturated carbocycles. The van der Waals surface area contributed by atoms with Gasteiger partial charge in [-0.05, 0) is 43.8 Å². The highest BCUT2D eigenvalue weighted by atomic mass is 32.1. The Labute approximate surface area is 145 Å². The number of nitrogens with zero attached hydrogens (tertiary/aromatic N) is 1. The van der Waals surface area contributed by atoms with Gasteiger partial charge in [-0.25, -0.2) is 4.39 Å². The van der Waals surface area contributed by atoms with Crippen molar-refractivity contribution in [1.82, 2.24) is 10.6 Å². The van der Waals surface area contributed by atoms with Gasteiger partial charge in [0.15, 0.2) is 0 Å². The lowest BCUT2D eigenvalue weighted by Crippen LogP contribution is -2.31. The van der Waals surface area contributed by atoms with E-state index in [9.17, 15) is 9.18 Å². The van der Waals surface area contributed by atoms with E-state index >= 15 is 0 Å². The Bertz CT molecular complexity index is 683. The summed E-state index contributed by atoms with van der Waals surface area (Å²) in [7, 11) is 0. The van der Waals surface area contributed by atoms with Crippen LogP contribution in [0.3, 0.4) is 0 Å². The topological polar surface area (TPSA) is 53.5 Å². The quantitative estimate of drug-likeness (QED) is 0.458. The van der Waals surface area contributed by atoms with Crippen LogP contribution >= 0.6 is 11.3 Å². The molecule has 2 N–H and O–H groups in total. The zero-order valence-corrected chi connectivity index (χ0v) is 14.7. The van der Waals surface area contributed by atoms with Crippen LogP contribution in [0, 0.1) is 5.82 Å². The fraction of sp³-hybridized carbons (Fsp3) is 0.333. The Morgan fingerprint density at radius 2 is 2.04 bits per heavy atom. The lowest BCUT2D eigenvalue weighted by molar-refractivity contribution is 0.0949. The Kier molecular flexibility index (Phi) is 6.93. The van der Waals surface area contributed by atoms with Gasteiger partial charge in [-0.1, -0.05) is 18.2 Å². The van der Waals surface area contributed by atoms with Crippen LogP contribution in [-0.2, 0) is 0 Å². The molecule has 1 aromatic carbocycles. The molecule has 0 aliphatic heterocycles. The number of thiophene rings is 1. The SMILES string of the molecule is CC(C)NC(=NCCCNC(=O)c1ccccc1F)c1cccs1. The highest BCUT2D eigenvalue weighted by Crippen LogP contribution is 2.10. The normalized spacial score (nSPS) is 11.6. The summed E-state index contributed by atoms with van der Waals surface area (Å²) in [6.45, 7) is 5.18. The molecule has 0 aliphatic rings. The molecule has 0 fully saturated rings. The Morgan fingerprint density at radius 3 is 2.71 bits per heavy atom. The van der Waals surface area contributed by atoms with Crippen LogP contribution in [0.1, 0.15) is 35.5 Å².